The first-order valence-corrected chi connectivity index (χ1v) is 8.81. The molecule has 0 radical (unpaired) electrons. The van der Waals surface area contributed by atoms with Gasteiger partial charge in [0.15, 0.2) is 0 Å². The molecule has 0 saturated carbocycles. The summed E-state index contributed by atoms with van der Waals surface area (Å²) in [6.45, 7) is 8.08. The van der Waals surface area contributed by atoms with Gasteiger partial charge in [-0.3, -0.25) is 0 Å². The lowest BCUT2D eigenvalue weighted by Gasteiger charge is -2.30. The van der Waals surface area contributed by atoms with E-state index in [1.54, 1.807) is 0 Å². The van der Waals surface area contributed by atoms with Crippen LogP contribution in [0.2, 0.25) is 0 Å². The van der Waals surface area contributed by atoms with E-state index in [1.807, 2.05) is 0 Å². The number of aliphatic hydroxyl groups excluding tert-OH is 2. The molecule has 0 fully saturated rings. The second kappa shape index (κ2) is 15.7. The van der Waals surface area contributed by atoms with E-state index in [0.29, 0.717) is 19.8 Å². The van der Waals surface area contributed by atoms with E-state index >= 15 is 0 Å². The predicted molar refractivity (Wildman–Crippen MR) is 88.1 cm³/mol. The average Bonchev–Trinajstić information content (AvgIpc) is 2.53. The molecule has 0 aliphatic rings. The molecule has 0 aliphatic heterocycles. The number of ether oxygens (including phenoxy) is 3. The zero-order chi connectivity index (χ0) is 16.6. The molecule has 0 aromatic rings. The van der Waals surface area contributed by atoms with Crippen LogP contribution in [0.4, 0.5) is 0 Å². The monoisotopic (exact) mass is 320 g/mol. The minimum absolute atomic E-state index is 0.160. The van der Waals surface area contributed by atoms with Crippen molar-refractivity contribution in [3.05, 3.63) is 0 Å². The van der Waals surface area contributed by atoms with Crippen molar-refractivity contribution >= 4 is 0 Å². The third-order valence-electron chi connectivity index (χ3n) is 3.49. The van der Waals surface area contributed by atoms with Crippen LogP contribution in [0.3, 0.4) is 0 Å². The van der Waals surface area contributed by atoms with Gasteiger partial charge in [-0.25, -0.2) is 0 Å². The summed E-state index contributed by atoms with van der Waals surface area (Å²) in [6.07, 6.45) is 4.11. The molecule has 0 spiro atoms. The topological polar surface area (TPSA) is 68.2 Å². The van der Waals surface area contributed by atoms with Gasteiger partial charge in [0, 0.05) is 19.8 Å². The molecule has 134 valence electrons. The first-order chi connectivity index (χ1) is 10.7. The summed E-state index contributed by atoms with van der Waals surface area (Å²) in [5.41, 5.74) is 0. The lowest BCUT2D eigenvalue weighted by Crippen LogP contribution is -2.45. The van der Waals surface area contributed by atoms with Crippen LogP contribution >= 0.6 is 0 Å². The molecular weight excluding hydrogens is 284 g/mol. The third kappa shape index (κ3) is 10.5. The SMILES string of the molecule is CCCCOC[C@@H](O)C(OCCCC)C(CO)OCCCC. The number of hydrogen-bond acceptors (Lipinski definition) is 5. The van der Waals surface area contributed by atoms with Crippen molar-refractivity contribution in [1.29, 1.82) is 0 Å². The van der Waals surface area contributed by atoms with E-state index in [9.17, 15) is 10.2 Å². The van der Waals surface area contributed by atoms with Gasteiger partial charge >= 0.3 is 0 Å². The number of aliphatic hydroxyl groups is 2. The maximum atomic E-state index is 10.3. The van der Waals surface area contributed by atoms with Gasteiger partial charge in [-0.05, 0) is 19.3 Å². The van der Waals surface area contributed by atoms with Crippen LogP contribution in [0.5, 0.6) is 0 Å². The van der Waals surface area contributed by atoms with Crippen LogP contribution in [0.25, 0.3) is 0 Å². The van der Waals surface area contributed by atoms with Gasteiger partial charge < -0.3 is 24.4 Å². The highest BCUT2D eigenvalue weighted by molar-refractivity contribution is 4.78. The Morgan fingerprint density at radius 1 is 0.818 bits per heavy atom. The molecule has 3 atom stereocenters. The Bertz CT molecular complexity index is 225. The second-order valence-electron chi connectivity index (χ2n) is 5.63. The Kier molecular flexibility index (Phi) is 15.5. The van der Waals surface area contributed by atoms with Gasteiger partial charge in [-0.15, -0.1) is 0 Å². The van der Waals surface area contributed by atoms with Crippen molar-refractivity contribution in [3.63, 3.8) is 0 Å². The highest BCUT2D eigenvalue weighted by Crippen LogP contribution is 2.12. The van der Waals surface area contributed by atoms with Crippen LogP contribution in [0.15, 0.2) is 0 Å². The van der Waals surface area contributed by atoms with E-state index in [4.69, 9.17) is 14.2 Å². The zero-order valence-corrected chi connectivity index (χ0v) is 14.6. The van der Waals surface area contributed by atoms with Crippen LogP contribution in [-0.4, -0.2) is 61.6 Å². The molecule has 5 nitrogen and oxygen atoms in total. The largest absolute Gasteiger partial charge is 0.394 e. The smallest absolute Gasteiger partial charge is 0.114 e. The molecule has 0 aromatic carbocycles. The molecule has 0 rings (SSSR count). The molecule has 2 N–H and O–H groups in total. The fraction of sp³-hybridized carbons (Fsp3) is 1.00. The van der Waals surface area contributed by atoms with Crippen LogP contribution in [-0.2, 0) is 14.2 Å². The predicted octanol–water partition coefficient (Wildman–Crippen LogP) is 2.53. The summed E-state index contributed by atoms with van der Waals surface area (Å²) in [5, 5.41) is 19.9. The van der Waals surface area contributed by atoms with E-state index < -0.39 is 18.3 Å². The molecule has 0 bridgehead atoms. The van der Waals surface area contributed by atoms with Gasteiger partial charge in [0.25, 0.3) is 0 Å². The Morgan fingerprint density at radius 2 is 1.36 bits per heavy atom. The van der Waals surface area contributed by atoms with Gasteiger partial charge in [0.2, 0.25) is 0 Å². The summed E-state index contributed by atoms with van der Waals surface area (Å²) in [4.78, 5) is 0. The van der Waals surface area contributed by atoms with Crippen LogP contribution in [0.1, 0.15) is 59.3 Å². The van der Waals surface area contributed by atoms with Crippen molar-refractivity contribution < 1.29 is 24.4 Å². The molecule has 0 aromatic heterocycles. The fourth-order valence-corrected chi connectivity index (χ4v) is 2.01. The number of rotatable bonds is 16. The second-order valence-corrected chi connectivity index (χ2v) is 5.63. The Hall–Kier alpha value is -0.200. The van der Waals surface area contributed by atoms with Gasteiger partial charge in [0.05, 0.1) is 13.2 Å². The van der Waals surface area contributed by atoms with Crippen molar-refractivity contribution in [1.82, 2.24) is 0 Å². The van der Waals surface area contributed by atoms with Crippen molar-refractivity contribution in [2.75, 3.05) is 33.0 Å². The minimum Gasteiger partial charge on any atom is -0.394 e. The summed E-state index contributed by atoms with van der Waals surface area (Å²) >= 11 is 0. The number of hydrogen-bond donors (Lipinski definition) is 2. The third-order valence-corrected chi connectivity index (χ3v) is 3.49. The molecule has 0 saturated heterocycles. The Morgan fingerprint density at radius 3 is 1.91 bits per heavy atom. The summed E-state index contributed by atoms with van der Waals surface area (Å²) in [7, 11) is 0. The maximum absolute atomic E-state index is 10.3. The first-order valence-electron chi connectivity index (χ1n) is 8.81. The van der Waals surface area contributed by atoms with Gasteiger partial charge in [0.1, 0.15) is 18.3 Å². The van der Waals surface area contributed by atoms with E-state index in [1.165, 1.54) is 0 Å². The summed E-state index contributed by atoms with van der Waals surface area (Å²) < 4.78 is 16.9. The van der Waals surface area contributed by atoms with Gasteiger partial charge in [-0.1, -0.05) is 40.0 Å². The first kappa shape index (κ1) is 21.8. The minimum atomic E-state index is -0.785. The molecular formula is C17H36O5. The lowest BCUT2D eigenvalue weighted by molar-refractivity contribution is -0.149. The Labute approximate surface area is 136 Å². The molecule has 0 aliphatic carbocycles. The van der Waals surface area contributed by atoms with Crippen LogP contribution < -0.4 is 0 Å². The van der Waals surface area contributed by atoms with Crippen LogP contribution in [0, 0.1) is 0 Å². The molecule has 0 heterocycles. The standard InChI is InChI=1S/C17H36O5/c1-4-7-10-20-14-15(19)17(22-12-9-6-3)16(13-18)21-11-8-5-2/h15-19H,4-14H2,1-3H3/t15-,16?,17?/m1/s1. The van der Waals surface area contributed by atoms with E-state index in [0.717, 1.165) is 38.5 Å². The molecule has 5 heteroatoms. The molecule has 22 heavy (non-hydrogen) atoms. The van der Waals surface area contributed by atoms with Gasteiger partial charge in [-0.2, -0.15) is 0 Å². The average molecular weight is 320 g/mol. The lowest BCUT2D eigenvalue weighted by atomic mass is 10.1. The molecule has 2 unspecified atom stereocenters. The summed E-state index contributed by atoms with van der Waals surface area (Å²) in [5.74, 6) is 0. The van der Waals surface area contributed by atoms with E-state index in [2.05, 4.69) is 20.8 Å². The maximum Gasteiger partial charge on any atom is 0.114 e. The van der Waals surface area contributed by atoms with Crippen molar-refractivity contribution in [2.24, 2.45) is 0 Å². The summed E-state index contributed by atoms with van der Waals surface area (Å²) in [6, 6.07) is 0. The zero-order valence-electron chi connectivity index (χ0n) is 14.6. The quantitative estimate of drug-likeness (QED) is 0.428. The molecule has 0 amide bonds. The van der Waals surface area contributed by atoms with Crippen molar-refractivity contribution in [3.8, 4) is 0 Å². The fourth-order valence-electron chi connectivity index (χ4n) is 2.01. The highest BCUT2D eigenvalue weighted by atomic mass is 16.6. The Balaban J connectivity index is 4.40. The number of unbranched alkanes of at least 4 members (excludes halogenated alkanes) is 3. The van der Waals surface area contributed by atoms with E-state index in [-0.39, 0.29) is 13.2 Å². The van der Waals surface area contributed by atoms with Crippen molar-refractivity contribution in [2.45, 2.75) is 77.6 Å². The normalized spacial score (nSPS) is 15.7. The highest BCUT2D eigenvalue weighted by Gasteiger charge is 2.29.